The lowest BCUT2D eigenvalue weighted by Gasteiger charge is -2.05. The van der Waals surface area contributed by atoms with Gasteiger partial charge >= 0.3 is 7.12 Å². The van der Waals surface area contributed by atoms with Gasteiger partial charge in [0.25, 0.3) is 0 Å². The molecule has 0 saturated carbocycles. The third-order valence-corrected chi connectivity index (χ3v) is 3.97. The number of hydrogen-bond acceptors (Lipinski definition) is 4. The van der Waals surface area contributed by atoms with Gasteiger partial charge in [-0.3, -0.25) is 9.78 Å². The third-order valence-electron chi connectivity index (χ3n) is 3.58. The molecule has 0 atom stereocenters. The van der Waals surface area contributed by atoms with Gasteiger partial charge in [-0.25, -0.2) is 0 Å². The lowest BCUT2D eigenvalue weighted by atomic mass is 9.78. The molecular weight excluding hydrogens is 288 g/mol. The molecular formula is C15H13BClNO3. The molecule has 1 aliphatic rings. The lowest BCUT2D eigenvalue weighted by molar-refractivity contribution is 0.0992. The molecule has 0 fully saturated rings. The number of hydrogen-bond donors (Lipinski definition) is 1. The molecule has 2 heterocycles. The Bertz CT molecular complexity index is 720. The van der Waals surface area contributed by atoms with E-state index in [-0.39, 0.29) is 12.2 Å². The van der Waals surface area contributed by atoms with Gasteiger partial charge in [0.05, 0.1) is 17.3 Å². The Hall–Kier alpha value is -1.69. The van der Waals surface area contributed by atoms with Crippen molar-refractivity contribution in [2.24, 2.45) is 0 Å². The molecule has 0 spiro atoms. The number of carbonyl (C=O) groups is 1. The van der Waals surface area contributed by atoms with Crippen molar-refractivity contribution in [2.45, 2.75) is 20.0 Å². The highest BCUT2D eigenvalue weighted by atomic mass is 35.5. The quantitative estimate of drug-likeness (QED) is 0.692. The van der Waals surface area contributed by atoms with Crippen molar-refractivity contribution in [1.29, 1.82) is 0 Å². The third kappa shape index (κ3) is 2.86. The number of nitrogens with zero attached hydrogens (tertiary/aromatic N) is 1. The number of pyridine rings is 1. The van der Waals surface area contributed by atoms with Crippen molar-refractivity contribution in [3.05, 3.63) is 57.9 Å². The summed E-state index contributed by atoms with van der Waals surface area (Å²) in [6.07, 6.45) is 1.77. The van der Waals surface area contributed by atoms with Gasteiger partial charge in [-0.05, 0) is 29.6 Å². The Morgan fingerprint density at radius 3 is 3.05 bits per heavy atom. The normalized spacial score (nSPS) is 13.4. The Morgan fingerprint density at radius 1 is 1.48 bits per heavy atom. The van der Waals surface area contributed by atoms with E-state index in [1.54, 1.807) is 13.0 Å². The molecule has 1 aromatic heterocycles. The second kappa shape index (κ2) is 5.60. The summed E-state index contributed by atoms with van der Waals surface area (Å²) in [7, 11) is -0.898. The second-order valence-electron chi connectivity index (χ2n) is 5.09. The van der Waals surface area contributed by atoms with Gasteiger partial charge in [-0.15, -0.1) is 0 Å². The largest absolute Gasteiger partial charge is 0.491 e. The second-order valence-corrected chi connectivity index (χ2v) is 5.49. The van der Waals surface area contributed by atoms with Gasteiger partial charge in [-0.1, -0.05) is 29.8 Å². The Labute approximate surface area is 127 Å². The SMILES string of the molecule is Cc1ncc(C(=O)Cc2ccc3c(c2)B(O)OC3)cc1Cl. The van der Waals surface area contributed by atoms with Crippen LogP contribution in [0.5, 0.6) is 0 Å². The summed E-state index contributed by atoms with van der Waals surface area (Å²) in [6.45, 7) is 2.20. The van der Waals surface area contributed by atoms with Crippen LogP contribution in [0.1, 0.15) is 27.2 Å². The standard InChI is InChI=1S/C15H13BClNO3/c1-9-14(17)6-12(7-18-9)15(19)5-10-2-3-11-8-21-16(20)13(11)4-10/h2-4,6-7,20H,5,8H2,1H3. The van der Waals surface area contributed by atoms with Gasteiger partial charge in [0.1, 0.15) is 0 Å². The minimum Gasteiger partial charge on any atom is -0.423 e. The van der Waals surface area contributed by atoms with E-state index < -0.39 is 7.12 Å². The number of rotatable bonds is 3. The average Bonchev–Trinajstić information content (AvgIpc) is 2.83. The molecule has 3 rings (SSSR count). The molecule has 4 nitrogen and oxygen atoms in total. The molecule has 0 saturated heterocycles. The summed E-state index contributed by atoms with van der Waals surface area (Å²) in [5.74, 6) is -0.0576. The molecule has 0 unspecified atom stereocenters. The van der Waals surface area contributed by atoms with Crippen LogP contribution in [-0.2, 0) is 17.7 Å². The van der Waals surface area contributed by atoms with Crippen molar-refractivity contribution in [3.63, 3.8) is 0 Å². The zero-order valence-corrected chi connectivity index (χ0v) is 12.2. The van der Waals surface area contributed by atoms with Crippen molar-refractivity contribution in [2.75, 3.05) is 0 Å². The number of ketones is 1. The van der Waals surface area contributed by atoms with E-state index in [0.717, 1.165) is 16.6 Å². The molecule has 1 aromatic carbocycles. The topological polar surface area (TPSA) is 59.4 Å². The highest BCUT2D eigenvalue weighted by Crippen LogP contribution is 2.17. The smallest absolute Gasteiger partial charge is 0.423 e. The zero-order chi connectivity index (χ0) is 15.0. The molecule has 0 bridgehead atoms. The van der Waals surface area contributed by atoms with E-state index in [1.165, 1.54) is 6.20 Å². The Kier molecular flexibility index (Phi) is 3.80. The number of fused-ring (bicyclic) bond motifs is 1. The van der Waals surface area contributed by atoms with Crippen molar-refractivity contribution < 1.29 is 14.5 Å². The Morgan fingerprint density at radius 2 is 2.29 bits per heavy atom. The number of halogens is 1. The maximum absolute atomic E-state index is 12.3. The number of carbonyl (C=O) groups excluding carboxylic acids is 1. The summed E-state index contributed by atoms with van der Waals surface area (Å²) >= 11 is 5.99. The fourth-order valence-corrected chi connectivity index (χ4v) is 2.49. The van der Waals surface area contributed by atoms with Crippen LogP contribution in [0.2, 0.25) is 5.02 Å². The first-order chi connectivity index (χ1) is 10.0. The van der Waals surface area contributed by atoms with Crippen LogP contribution < -0.4 is 5.46 Å². The van der Waals surface area contributed by atoms with Gasteiger partial charge < -0.3 is 9.68 Å². The molecule has 2 aromatic rings. The molecule has 6 heteroatoms. The van der Waals surface area contributed by atoms with Crippen LogP contribution in [-0.4, -0.2) is 22.9 Å². The maximum atomic E-state index is 12.3. The van der Waals surface area contributed by atoms with E-state index in [4.69, 9.17) is 16.3 Å². The van der Waals surface area contributed by atoms with Crippen molar-refractivity contribution in [1.82, 2.24) is 4.98 Å². The van der Waals surface area contributed by atoms with Gasteiger partial charge in [-0.2, -0.15) is 0 Å². The first kappa shape index (κ1) is 14.3. The predicted molar refractivity (Wildman–Crippen MR) is 80.9 cm³/mol. The van der Waals surface area contributed by atoms with Crippen LogP contribution in [0.15, 0.2) is 30.5 Å². The highest BCUT2D eigenvalue weighted by Gasteiger charge is 2.27. The van der Waals surface area contributed by atoms with Crippen LogP contribution in [0.3, 0.4) is 0 Å². The highest BCUT2D eigenvalue weighted by molar-refractivity contribution is 6.61. The fourth-order valence-electron chi connectivity index (χ4n) is 2.32. The predicted octanol–water partition coefficient (Wildman–Crippen LogP) is 1.69. The monoisotopic (exact) mass is 301 g/mol. The summed E-state index contributed by atoms with van der Waals surface area (Å²) in [5, 5.41) is 10.2. The molecule has 0 radical (unpaired) electrons. The number of aryl methyl sites for hydroxylation is 1. The van der Waals surface area contributed by atoms with E-state index in [2.05, 4.69) is 4.98 Å². The molecule has 1 N–H and O–H groups in total. The van der Waals surface area contributed by atoms with Crippen molar-refractivity contribution in [3.8, 4) is 0 Å². The van der Waals surface area contributed by atoms with Crippen molar-refractivity contribution >= 4 is 30.0 Å². The number of aromatic nitrogens is 1. The van der Waals surface area contributed by atoms with E-state index in [0.29, 0.717) is 22.9 Å². The summed E-state index contributed by atoms with van der Waals surface area (Å²) < 4.78 is 5.14. The van der Waals surface area contributed by atoms with Crippen LogP contribution in [0.4, 0.5) is 0 Å². The fraction of sp³-hybridized carbons (Fsp3) is 0.200. The minimum atomic E-state index is -0.898. The van der Waals surface area contributed by atoms with Gasteiger partial charge in [0.15, 0.2) is 5.78 Å². The molecule has 0 amide bonds. The van der Waals surface area contributed by atoms with E-state index in [9.17, 15) is 9.82 Å². The van der Waals surface area contributed by atoms with Crippen LogP contribution in [0, 0.1) is 6.92 Å². The number of benzene rings is 1. The van der Waals surface area contributed by atoms with Crippen LogP contribution in [0.25, 0.3) is 0 Å². The summed E-state index contributed by atoms with van der Waals surface area (Å²) in [6, 6.07) is 7.21. The first-order valence-electron chi connectivity index (χ1n) is 6.61. The zero-order valence-electron chi connectivity index (χ0n) is 11.5. The van der Waals surface area contributed by atoms with Gasteiger partial charge in [0, 0.05) is 18.2 Å². The van der Waals surface area contributed by atoms with E-state index >= 15 is 0 Å². The minimum absolute atomic E-state index is 0.0576. The first-order valence-corrected chi connectivity index (χ1v) is 6.99. The average molecular weight is 302 g/mol. The van der Waals surface area contributed by atoms with Crippen LogP contribution >= 0.6 is 11.6 Å². The molecule has 106 valence electrons. The maximum Gasteiger partial charge on any atom is 0.491 e. The Balaban J connectivity index is 1.82. The molecule has 0 aliphatic carbocycles. The number of Topliss-reactive ketones (excluding diaryl/α,β-unsaturated/α-hetero) is 1. The van der Waals surface area contributed by atoms with E-state index in [1.807, 2.05) is 18.2 Å². The molecule has 1 aliphatic heterocycles. The van der Waals surface area contributed by atoms with Gasteiger partial charge in [0.2, 0.25) is 0 Å². The summed E-state index contributed by atoms with van der Waals surface area (Å²) in [4.78, 5) is 16.4. The molecule has 21 heavy (non-hydrogen) atoms. The summed E-state index contributed by atoms with van der Waals surface area (Å²) in [5.41, 5.74) is 3.72. The lowest BCUT2D eigenvalue weighted by Crippen LogP contribution is -2.28.